The highest BCUT2D eigenvalue weighted by Gasteiger charge is 2.34. The number of carbonyl (C=O) groups is 3. The first-order valence-corrected chi connectivity index (χ1v) is 9.75. The number of nitrogens with zero attached hydrogens (tertiary/aromatic N) is 1. The van der Waals surface area contributed by atoms with Gasteiger partial charge in [-0.15, -0.1) is 0 Å². The van der Waals surface area contributed by atoms with Crippen LogP contribution in [0.4, 0.5) is 4.79 Å². The lowest BCUT2D eigenvalue weighted by Crippen LogP contribution is -2.61. The number of nitrogens with one attached hydrogen (secondary N) is 2. The maximum atomic E-state index is 12.8. The Kier molecular flexibility index (Phi) is 9.55. The van der Waals surface area contributed by atoms with Gasteiger partial charge in [-0.05, 0) is 33.6 Å². The largest absolute Gasteiger partial charge is 0.460 e. The molecule has 0 aromatic heterocycles. The highest BCUT2D eigenvalue weighted by molar-refractivity contribution is 6.67. The third kappa shape index (κ3) is 9.47. The van der Waals surface area contributed by atoms with E-state index >= 15 is 0 Å². The molecule has 1 unspecified atom stereocenters. The lowest BCUT2D eigenvalue weighted by Gasteiger charge is -2.35. The fraction of sp³-hybridized carbons (Fsp3) is 0.812. The fourth-order valence-electron chi connectivity index (χ4n) is 2.35. The first-order chi connectivity index (χ1) is 12.8. The zero-order valence-electron chi connectivity index (χ0n) is 16.2. The van der Waals surface area contributed by atoms with E-state index in [1.807, 2.05) is 0 Å². The van der Waals surface area contributed by atoms with Gasteiger partial charge in [0, 0.05) is 13.7 Å². The molecule has 12 heteroatoms. The molecule has 0 aromatic rings. The average molecular weight is 463 g/mol. The normalized spacial score (nSPS) is 19.0. The molecule has 0 bridgehead atoms. The van der Waals surface area contributed by atoms with Gasteiger partial charge in [0.25, 0.3) is 5.91 Å². The van der Waals surface area contributed by atoms with Crippen molar-refractivity contribution in [1.29, 1.82) is 0 Å². The Bertz CT molecular complexity index is 565. The van der Waals surface area contributed by atoms with Gasteiger partial charge in [-0.25, -0.2) is 10.2 Å². The Balaban J connectivity index is 2.70. The second-order valence-electron chi connectivity index (χ2n) is 7.19. The van der Waals surface area contributed by atoms with Gasteiger partial charge in [-0.3, -0.25) is 14.6 Å². The summed E-state index contributed by atoms with van der Waals surface area (Å²) < 4.78 is 13.4. The molecule has 9 nitrogen and oxygen atoms in total. The molecule has 1 heterocycles. The van der Waals surface area contributed by atoms with E-state index in [2.05, 4.69) is 10.7 Å². The molecule has 1 aliphatic rings. The first kappa shape index (κ1) is 25.0. The number of ether oxygens (including phenoxy) is 3. The Labute approximate surface area is 179 Å². The number of esters is 1. The second-order valence-corrected chi connectivity index (χ2v) is 9.71. The molecule has 0 aromatic carbocycles. The van der Waals surface area contributed by atoms with Gasteiger partial charge in [0.15, 0.2) is 0 Å². The smallest absolute Gasteiger partial charge is 0.408 e. The van der Waals surface area contributed by atoms with Gasteiger partial charge >= 0.3 is 12.1 Å². The maximum absolute atomic E-state index is 12.8. The third-order valence-corrected chi connectivity index (χ3v) is 3.76. The molecule has 0 radical (unpaired) electrons. The van der Waals surface area contributed by atoms with Gasteiger partial charge in [0.2, 0.25) is 3.79 Å². The monoisotopic (exact) mass is 461 g/mol. The van der Waals surface area contributed by atoms with Crippen molar-refractivity contribution in [3.63, 3.8) is 0 Å². The van der Waals surface area contributed by atoms with E-state index in [9.17, 15) is 14.4 Å². The van der Waals surface area contributed by atoms with E-state index in [0.717, 1.165) is 0 Å². The van der Waals surface area contributed by atoms with Crippen LogP contribution in [0.2, 0.25) is 0 Å². The Morgan fingerprint density at radius 3 is 2.43 bits per heavy atom. The Morgan fingerprint density at radius 1 is 1.25 bits per heavy atom. The number of halogens is 3. The van der Waals surface area contributed by atoms with Crippen LogP contribution in [0.15, 0.2) is 0 Å². The van der Waals surface area contributed by atoms with Crippen molar-refractivity contribution in [2.75, 3.05) is 26.9 Å². The number of rotatable bonds is 6. The van der Waals surface area contributed by atoms with Gasteiger partial charge in [-0.1, -0.05) is 34.8 Å². The van der Waals surface area contributed by atoms with Crippen LogP contribution in [-0.4, -0.2) is 71.3 Å². The van der Waals surface area contributed by atoms with Gasteiger partial charge in [-0.2, -0.15) is 0 Å². The van der Waals surface area contributed by atoms with E-state index in [1.165, 1.54) is 12.1 Å². The number of carbonyl (C=O) groups excluding carboxylic acids is 3. The summed E-state index contributed by atoms with van der Waals surface area (Å²) in [6.07, 6.45) is 0.230. The molecule has 28 heavy (non-hydrogen) atoms. The SMILES string of the molecule is COCC(NC(=O)OC(C)(C)C)C(=O)N1CCC[C@@H](C(=O)OCC(Cl)(Cl)Cl)N1. The summed E-state index contributed by atoms with van der Waals surface area (Å²) in [7, 11) is 1.40. The highest BCUT2D eigenvalue weighted by atomic mass is 35.6. The summed E-state index contributed by atoms with van der Waals surface area (Å²) in [6.45, 7) is 4.98. The van der Waals surface area contributed by atoms with Gasteiger partial charge in [0.05, 0.1) is 6.61 Å². The quantitative estimate of drug-likeness (QED) is 0.459. The van der Waals surface area contributed by atoms with Crippen LogP contribution >= 0.6 is 34.8 Å². The van der Waals surface area contributed by atoms with Gasteiger partial charge in [0.1, 0.15) is 24.3 Å². The van der Waals surface area contributed by atoms with Crippen molar-refractivity contribution >= 4 is 52.8 Å². The molecule has 0 spiro atoms. The van der Waals surface area contributed by atoms with E-state index in [0.29, 0.717) is 19.4 Å². The van der Waals surface area contributed by atoms with Crippen molar-refractivity contribution < 1.29 is 28.6 Å². The minimum atomic E-state index is -1.72. The van der Waals surface area contributed by atoms with Crippen molar-refractivity contribution in [2.45, 2.75) is 55.1 Å². The van der Waals surface area contributed by atoms with Crippen LogP contribution in [0.5, 0.6) is 0 Å². The van der Waals surface area contributed by atoms with Crippen LogP contribution in [-0.2, 0) is 23.8 Å². The van der Waals surface area contributed by atoms with Crippen molar-refractivity contribution in [3.8, 4) is 0 Å². The molecule has 1 aliphatic heterocycles. The van der Waals surface area contributed by atoms with E-state index in [4.69, 9.17) is 49.0 Å². The average Bonchev–Trinajstić information content (AvgIpc) is 2.56. The molecule has 2 N–H and O–H groups in total. The van der Waals surface area contributed by atoms with Crippen LogP contribution in [0, 0.1) is 0 Å². The van der Waals surface area contributed by atoms with Crippen LogP contribution < -0.4 is 10.7 Å². The molecular formula is C16H26Cl3N3O6. The van der Waals surface area contributed by atoms with Crippen LogP contribution in [0.25, 0.3) is 0 Å². The van der Waals surface area contributed by atoms with Crippen molar-refractivity contribution in [3.05, 3.63) is 0 Å². The highest BCUT2D eigenvalue weighted by Crippen LogP contribution is 2.26. The predicted octanol–water partition coefficient (Wildman–Crippen LogP) is 1.94. The number of alkyl carbamates (subject to hydrolysis) is 1. The summed E-state index contributed by atoms with van der Waals surface area (Å²) >= 11 is 16.7. The molecule has 0 saturated carbocycles. The van der Waals surface area contributed by atoms with Crippen LogP contribution in [0.3, 0.4) is 0 Å². The van der Waals surface area contributed by atoms with E-state index in [-0.39, 0.29) is 6.61 Å². The summed E-state index contributed by atoms with van der Waals surface area (Å²) in [6, 6.07) is -1.78. The summed E-state index contributed by atoms with van der Waals surface area (Å²) in [5.41, 5.74) is 2.07. The van der Waals surface area contributed by atoms with E-state index in [1.54, 1.807) is 20.8 Å². The number of hydrogen-bond acceptors (Lipinski definition) is 7. The molecule has 2 atom stereocenters. The predicted molar refractivity (Wildman–Crippen MR) is 104 cm³/mol. The number of alkyl halides is 3. The molecule has 162 valence electrons. The third-order valence-electron chi connectivity index (χ3n) is 3.44. The number of amides is 2. The molecule has 2 amide bonds. The van der Waals surface area contributed by atoms with Gasteiger partial charge < -0.3 is 19.5 Å². The summed E-state index contributed by atoms with van der Waals surface area (Å²) in [5.74, 6) is -1.13. The molecule has 0 aliphatic carbocycles. The summed E-state index contributed by atoms with van der Waals surface area (Å²) in [4.78, 5) is 36.9. The number of methoxy groups -OCH3 is 1. The first-order valence-electron chi connectivity index (χ1n) is 8.62. The fourth-order valence-corrected chi connectivity index (χ4v) is 2.51. The lowest BCUT2D eigenvalue weighted by molar-refractivity contribution is -0.152. The standard InChI is InChI=1S/C16H26Cl3N3O6/c1-15(2,3)28-14(25)20-11(8-26-4)12(23)22-7-5-6-10(21-22)13(24)27-9-16(17,18)19/h10-11,21H,5-9H2,1-4H3,(H,20,25)/t10-,11?/m0/s1. The Hall–Kier alpha value is -1.00. The zero-order chi connectivity index (χ0) is 21.5. The molecule has 1 fully saturated rings. The molecule has 1 saturated heterocycles. The second kappa shape index (κ2) is 10.7. The van der Waals surface area contributed by atoms with E-state index < -0.39 is 46.1 Å². The topological polar surface area (TPSA) is 106 Å². The Morgan fingerprint density at radius 2 is 1.89 bits per heavy atom. The lowest BCUT2D eigenvalue weighted by atomic mass is 10.1. The van der Waals surface area contributed by atoms with Crippen molar-refractivity contribution in [1.82, 2.24) is 15.8 Å². The minimum absolute atomic E-state index is 0.0708. The molecule has 1 rings (SSSR count). The van der Waals surface area contributed by atoms with Crippen LogP contribution in [0.1, 0.15) is 33.6 Å². The zero-order valence-corrected chi connectivity index (χ0v) is 18.5. The molecular weight excluding hydrogens is 437 g/mol. The number of hydrazine groups is 1. The minimum Gasteiger partial charge on any atom is -0.460 e. The number of hydrogen-bond donors (Lipinski definition) is 2. The summed E-state index contributed by atoms with van der Waals surface area (Å²) in [5, 5.41) is 3.72. The van der Waals surface area contributed by atoms with Crippen molar-refractivity contribution in [2.24, 2.45) is 0 Å². The maximum Gasteiger partial charge on any atom is 0.408 e.